The van der Waals surface area contributed by atoms with Crippen LogP contribution in [-0.4, -0.2) is 27.0 Å². The maximum absolute atomic E-state index is 12.2. The molecule has 0 aliphatic rings. The standard InChI is InChI=1S/C16H16N4O2S2/c1-2-3-9-23-16-19-18-15(24-16)17-14(21)12-10-13(22-20-12)11-7-5-4-6-8-11/h4-8,10H,2-3,9H2,1H3,(H,17,18,21). The number of amides is 1. The van der Waals surface area contributed by atoms with Crippen LogP contribution in [0, 0.1) is 0 Å². The molecule has 2 heterocycles. The summed E-state index contributed by atoms with van der Waals surface area (Å²) in [7, 11) is 0. The van der Waals surface area contributed by atoms with Crippen LogP contribution in [0.5, 0.6) is 0 Å². The lowest BCUT2D eigenvalue weighted by molar-refractivity contribution is 0.101. The molecule has 1 N–H and O–H groups in total. The molecule has 8 heteroatoms. The zero-order valence-electron chi connectivity index (χ0n) is 13.1. The van der Waals surface area contributed by atoms with Gasteiger partial charge in [0.15, 0.2) is 15.8 Å². The minimum Gasteiger partial charge on any atom is -0.355 e. The Kier molecular flexibility index (Phi) is 5.60. The number of thioether (sulfide) groups is 1. The molecular weight excluding hydrogens is 344 g/mol. The minimum atomic E-state index is -0.359. The molecule has 0 unspecified atom stereocenters. The zero-order valence-corrected chi connectivity index (χ0v) is 14.7. The van der Waals surface area contributed by atoms with Gasteiger partial charge < -0.3 is 4.52 Å². The Balaban J connectivity index is 1.62. The monoisotopic (exact) mass is 360 g/mol. The van der Waals surface area contributed by atoms with Crippen molar-refractivity contribution in [1.29, 1.82) is 0 Å². The third-order valence-electron chi connectivity index (χ3n) is 3.15. The van der Waals surface area contributed by atoms with Crippen molar-refractivity contribution in [1.82, 2.24) is 15.4 Å². The van der Waals surface area contributed by atoms with Crippen LogP contribution in [0.2, 0.25) is 0 Å². The predicted molar refractivity (Wildman–Crippen MR) is 95.4 cm³/mol. The first-order valence-corrected chi connectivity index (χ1v) is 9.36. The SMILES string of the molecule is CCCCSc1nnc(NC(=O)c2cc(-c3ccccc3)on2)s1. The van der Waals surface area contributed by atoms with E-state index in [1.807, 2.05) is 30.3 Å². The second-order valence-corrected chi connectivity index (χ2v) is 7.29. The van der Waals surface area contributed by atoms with Gasteiger partial charge in [-0.15, -0.1) is 10.2 Å². The summed E-state index contributed by atoms with van der Waals surface area (Å²) in [5.74, 6) is 1.19. The van der Waals surface area contributed by atoms with E-state index in [-0.39, 0.29) is 11.6 Å². The summed E-state index contributed by atoms with van der Waals surface area (Å²) in [5.41, 5.74) is 1.08. The van der Waals surface area contributed by atoms with E-state index < -0.39 is 0 Å². The van der Waals surface area contributed by atoms with Crippen molar-refractivity contribution in [2.45, 2.75) is 24.1 Å². The van der Waals surface area contributed by atoms with Gasteiger partial charge in [0.2, 0.25) is 5.13 Å². The van der Waals surface area contributed by atoms with Gasteiger partial charge in [-0.1, -0.05) is 71.9 Å². The van der Waals surface area contributed by atoms with Gasteiger partial charge in [0.25, 0.3) is 5.91 Å². The molecule has 2 aromatic heterocycles. The molecule has 0 aliphatic carbocycles. The molecule has 0 aliphatic heterocycles. The summed E-state index contributed by atoms with van der Waals surface area (Å²) in [4.78, 5) is 12.2. The Morgan fingerprint density at radius 3 is 2.92 bits per heavy atom. The molecule has 124 valence electrons. The summed E-state index contributed by atoms with van der Waals surface area (Å²) in [5, 5.41) is 15.0. The minimum absolute atomic E-state index is 0.212. The molecule has 3 aromatic rings. The van der Waals surface area contributed by atoms with Gasteiger partial charge in [0.1, 0.15) is 0 Å². The van der Waals surface area contributed by atoms with Crippen LogP contribution in [-0.2, 0) is 0 Å². The molecular formula is C16H16N4O2S2. The topological polar surface area (TPSA) is 80.9 Å². The third-order valence-corrected chi connectivity index (χ3v) is 5.21. The Morgan fingerprint density at radius 1 is 1.29 bits per heavy atom. The number of unbranched alkanes of at least 4 members (excludes halogenated alkanes) is 1. The van der Waals surface area contributed by atoms with E-state index in [9.17, 15) is 4.79 Å². The highest BCUT2D eigenvalue weighted by atomic mass is 32.2. The number of anilines is 1. The number of hydrogen-bond donors (Lipinski definition) is 1. The molecule has 0 radical (unpaired) electrons. The molecule has 0 fully saturated rings. The van der Waals surface area contributed by atoms with Crippen LogP contribution >= 0.6 is 23.1 Å². The average Bonchev–Trinajstić information content (AvgIpc) is 3.26. The van der Waals surface area contributed by atoms with Crippen LogP contribution in [0.15, 0.2) is 45.3 Å². The molecule has 24 heavy (non-hydrogen) atoms. The van der Waals surface area contributed by atoms with E-state index in [0.717, 1.165) is 28.5 Å². The molecule has 3 rings (SSSR count). The number of benzene rings is 1. The Bertz CT molecular complexity index is 801. The normalized spacial score (nSPS) is 10.7. The average molecular weight is 360 g/mol. The summed E-state index contributed by atoms with van der Waals surface area (Å²) in [6.45, 7) is 2.15. The lowest BCUT2D eigenvalue weighted by atomic mass is 10.1. The van der Waals surface area contributed by atoms with Crippen molar-refractivity contribution in [3.63, 3.8) is 0 Å². The van der Waals surface area contributed by atoms with Gasteiger partial charge in [0, 0.05) is 17.4 Å². The Hall–Kier alpha value is -2.19. The molecule has 6 nitrogen and oxygen atoms in total. The van der Waals surface area contributed by atoms with Crippen LogP contribution in [0.25, 0.3) is 11.3 Å². The highest BCUT2D eigenvalue weighted by Crippen LogP contribution is 2.27. The molecule has 0 atom stereocenters. The van der Waals surface area contributed by atoms with Gasteiger partial charge in [-0.2, -0.15) is 0 Å². The predicted octanol–water partition coefficient (Wildman–Crippen LogP) is 4.34. The van der Waals surface area contributed by atoms with Crippen molar-refractivity contribution in [3.05, 3.63) is 42.1 Å². The van der Waals surface area contributed by atoms with Crippen molar-refractivity contribution < 1.29 is 9.32 Å². The van der Waals surface area contributed by atoms with E-state index in [2.05, 4.69) is 27.6 Å². The van der Waals surface area contributed by atoms with Crippen LogP contribution in [0.1, 0.15) is 30.3 Å². The highest BCUT2D eigenvalue weighted by Gasteiger charge is 2.16. The smallest absolute Gasteiger partial charge is 0.279 e. The van der Waals surface area contributed by atoms with Crippen molar-refractivity contribution in [2.24, 2.45) is 0 Å². The fourth-order valence-corrected chi connectivity index (χ4v) is 3.81. The van der Waals surface area contributed by atoms with Gasteiger partial charge in [-0.3, -0.25) is 10.1 Å². The lowest BCUT2D eigenvalue weighted by Crippen LogP contribution is -2.11. The van der Waals surface area contributed by atoms with Gasteiger partial charge in [0.05, 0.1) is 0 Å². The van der Waals surface area contributed by atoms with Crippen LogP contribution < -0.4 is 5.32 Å². The Morgan fingerprint density at radius 2 is 2.12 bits per heavy atom. The summed E-state index contributed by atoms with van der Waals surface area (Å²) in [6.07, 6.45) is 2.28. The maximum Gasteiger partial charge on any atom is 0.279 e. The molecule has 0 bridgehead atoms. The Labute approximate surface area is 147 Å². The molecule has 0 saturated carbocycles. The quantitative estimate of drug-likeness (QED) is 0.383. The summed E-state index contributed by atoms with van der Waals surface area (Å²) >= 11 is 3.01. The van der Waals surface area contributed by atoms with Crippen molar-refractivity contribution in [3.8, 4) is 11.3 Å². The first-order valence-electron chi connectivity index (χ1n) is 7.56. The fraction of sp³-hybridized carbons (Fsp3) is 0.250. The molecule has 0 spiro atoms. The summed E-state index contributed by atoms with van der Waals surface area (Å²) < 4.78 is 6.08. The van der Waals surface area contributed by atoms with E-state index in [4.69, 9.17) is 4.52 Å². The molecule has 0 saturated heterocycles. The second-order valence-electron chi connectivity index (χ2n) is 4.97. The number of nitrogens with zero attached hydrogens (tertiary/aromatic N) is 3. The maximum atomic E-state index is 12.2. The number of hydrogen-bond acceptors (Lipinski definition) is 7. The van der Waals surface area contributed by atoms with Crippen LogP contribution in [0.4, 0.5) is 5.13 Å². The van der Waals surface area contributed by atoms with Crippen molar-refractivity contribution >= 4 is 34.1 Å². The van der Waals surface area contributed by atoms with E-state index in [1.165, 1.54) is 11.3 Å². The lowest BCUT2D eigenvalue weighted by Gasteiger charge is -1.95. The first kappa shape index (κ1) is 16.7. The number of nitrogens with one attached hydrogen (secondary N) is 1. The van der Waals surface area contributed by atoms with Gasteiger partial charge >= 0.3 is 0 Å². The van der Waals surface area contributed by atoms with Gasteiger partial charge in [-0.05, 0) is 6.42 Å². The van der Waals surface area contributed by atoms with E-state index >= 15 is 0 Å². The van der Waals surface area contributed by atoms with E-state index in [1.54, 1.807) is 17.8 Å². The molecule has 1 aromatic carbocycles. The summed E-state index contributed by atoms with van der Waals surface area (Å²) in [6, 6.07) is 11.1. The largest absolute Gasteiger partial charge is 0.355 e. The fourth-order valence-electron chi connectivity index (χ4n) is 1.90. The second kappa shape index (κ2) is 8.07. The number of carbonyl (C=O) groups is 1. The number of carbonyl (C=O) groups excluding carboxylic acids is 1. The molecule has 1 amide bonds. The third kappa shape index (κ3) is 4.21. The first-order chi connectivity index (χ1) is 11.8. The van der Waals surface area contributed by atoms with E-state index in [0.29, 0.717) is 10.9 Å². The number of rotatable bonds is 7. The highest BCUT2D eigenvalue weighted by molar-refractivity contribution is 8.01. The zero-order chi connectivity index (χ0) is 16.8. The van der Waals surface area contributed by atoms with Crippen LogP contribution in [0.3, 0.4) is 0 Å². The van der Waals surface area contributed by atoms with Gasteiger partial charge in [-0.25, -0.2) is 0 Å². The van der Waals surface area contributed by atoms with Crippen molar-refractivity contribution in [2.75, 3.05) is 11.1 Å². The number of aromatic nitrogens is 3.